The van der Waals surface area contributed by atoms with E-state index in [4.69, 9.17) is 20.9 Å². The lowest BCUT2D eigenvalue weighted by atomic mass is 9.95. The monoisotopic (exact) mass is 589 g/mol. The second-order valence-electron chi connectivity index (χ2n) is 11.4. The van der Waals surface area contributed by atoms with E-state index >= 15 is 4.39 Å². The minimum absolute atomic E-state index is 0.000743. The molecule has 0 radical (unpaired) electrons. The number of terminal acetylenes is 1. The Bertz CT molecular complexity index is 1780. The highest BCUT2D eigenvalue weighted by Gasteiger charge is 2.35. The SMILES string of the molecule is C#Cc1c(F)ccc2cc(O)cc(-c3nc4c5c(nc(OC[C@@H]6CCCNC[C@H](F)C6)nc5c3F)N3CCC[C@@H]3CO4)c12. The number of halogens is 3. The van der Waals surface area contributed by atoms with E-state index in [-0.39, 0.29) is 63.9 Å². The predicted molar refractivity (Wildman–Crippen MR) is 156 cm³/mol. The molecule has 0 saturated carbocycles. The molecule has 2 fully saturated rings. The van der Waals surface area contributed by atoms with Crippen molar-refractivity contribution >= 4 is 27.5 Å². The molecule has 7 rings (SSSR count). The average Bonchev–Trinajstić information content (AvgIpc) is 3.40. The third kappa shape index (κ3) is 4.93. The number of hydrogen-bond acceptors (Lipinski definition) is 8. The van der Waals surface area contributed by atoms with Gasteiger partial charge in [-0.25, -0.2) is 18.2 Å². The first-order valence-corrected chi connectivity index (χ1v) is 14.6. The predicted octanol–water partition coefficient (Wildman–Crippen LogP) is 5.28. The lowest BCUT2D eigenvalue weighted by Crippen LogP contribution is -2.33. The normalized spacial score (nSPS) is 21.9. The summed E-state index contributed by atoms with van der Waals surface area (Å²) in [6, 6.07) is 5.38. The number of benzene rings is 2. The molecule has 2 aromatic carbocycles. The van der Waals surface area contributed by atoms with Crippen molar-refractivity contribution in [3.8, 4) is 41.2 Å². The van der Waals surface area contributed by atoms with Crippen molar-refractivity contribution in [1.29, 1.82) is 0 Å². The summed E-state index contributed by atoms with van der Waals surface area (Å²) in [5.41, 5.74) is -0.246. The number of phenolic OH excluding ortho intramolecular Hbond substituents is 1. The summed E-state index contributed by atoms with van der Waals surface area (Å²) < 4.78 is 58.1. The molecule has 11 heteroatoms. The molecule has 3 atom stereocenters. The molecule has 0 bridgehead atoms. The van der Waals surface area contributed by atoms with Crippen molar-refractivity contribution in [1.82, 2.24) is 20.3 Å². The molecule has 2 aromatic heterocycles. The smallest absolute Gasteiger partial charge is 0.319 e. The molecule has 3 aliphatic heterocycles. The van der Waals surface area contributed by atoms with Crippen LogP contribution in [0.25, 0.3) is 32.9 Å². The first kappa shape index (κ1) is 27.5. The van der Waals surface area contributed by atoms with Gasteiger partial charge in [-0.2, -0.15) is 9.97 Å². The molecule has 0 spiro atoms. The van der Waals surface area contributed by atoms with Gasteiger partial charge in [0.1, 0.15) is 46.8 Å². The van der Waals surface area contributed by atoms with Crippen LogP contribution in [0.4, 0.5) is 19.0 Å². The standard InChI is InChI=1S/C32H30F3N5O3/c1-2-22-24(34)8-7-18-12-21(41)13-23(25(18)22)28-27(35)29-26-30(40-10-4-6-20(40)16-42-31(26)37-28)39-32(38-29)43-15-17-5-3-9-36-14-19(33)11-17/h1,7-8,12-13,17,19-20,36,41H,3-6,9-11,14-16H2/t17-,19-,20-/m1/s1. The van der Waals surface area contributed by atoms with E-state index in [1.54, 1.807) is 0 Å². The number of aromatic hydroxyl groups is 1. The van der Waals surface area contributed by atoms with Gasteiger partial charge in [0, 0.05) is 24.0 Å². The molecular weight excluding hydrogens is 559 g/mol. The third-order valence-electron chi connectivity index (χ3n) is 8.59. The summed E-state index contributed by atoms with van der Waals surface area (Å²) in [5.74, 6) is 1.28. The fourth-order valence-electron chi connectivity index (χ4n) is 6.56. The quantitative estimate of drug-likeness (QED) is 0.311. The zero-order valence-electron chi connectivity index (χ0n) is 23.4. The van der Waals surface area contributed by atoms with Crippen LogP contribution in [0.2, 0.25) is 0 Å². The van der Waals surface area contributed by atoms with Gasteiger partial charge in [-0.05, 0) is 68.2 Å². The van der Waals surface area contributed by atoms with Crippen molar-refractivity contribution in [3.63, 3.8) is 0 Å². The summed E-state index contributed by atoms with van der Waals surface area (Å²) >= 11 is 0. The second kappa shape index (κ2) is 11.1. The summed E-state index contributed by atoms with van der Waals surface area (Å²) in [5, 5.41) is 14.6. The Morgan fingerprint density at radius 3 is 2.88 bits per heavy atom. The van der Waals surface area contributed by atoms with Gasteiger partial charge in [-0.15, -0.1) is 6.42 Å². The molecule has 2 saturated heterocycles. The maximum atomic E-state index is 16.7. The summed E-state index contributed by atoms with van der Waals surface area (Å²) in [6.45, 7) is 2.24. The molecule has 8 nitrogen and oxygen atoms in total. The summed E-state index contributed by atoms with van der Waals surface area (Å²) in [6.07, 6.45) is 8.48. The Morgan fingerprint density at radius 2 is 2.02 bits per heavy atom. The number of rotatable bonds is 4. The molecule has 2 N–H and O–H groups in total. The number of nitrogens with one attached hydrogen (secondary N) is 1. The lowest BCUT2D eigenvalue weighted by molar-refractivity contribution is 0.166. The molecule has 0 unspecified atom stereocenters. The fourth-order valence-corrected chi connectivity index (χ4v) is 6.56. The van der Waals surface area contributed by atoms with Gasteiger partial charge in [0.15, 0.2) is 5.82 Å². The van der Waals surface area contributed by atoms with E-state index in [2.05, 4.69) is 26.1 Å². The van der Waals surface area contributed by atoms with Crippen LogP contribution in [-0.4, -0.2) is 65.1 Å². The van der Waals surface area contributed by atoms with Gasteiger partial charge in [-0.3, -0.25) is 0 Å². The van der Waals surface area contributed by atoms with Gasteiger partial charge in [0.25, 0.3) is 0 Å². The average molecular weight is 590 g/mol. The lowest BCUT2D eigenvalue weighted by Gasteiger charge is -2.24. The number of anilines is 1. The Morgan fingerprint density at radius 1 is 1.14 bits per heavy atom. The molecule has 5 heterocycles. The van der Waals surface area contributed by atoms with Crippen LogP contribution in [0.1, 0.15) is 37.7 Å². The third-order valence-corrected chi connectivity index (χ3v) is 8.59. The highest BCUT2D eigenvalue weighted by atomic mass is 19.1. The van der Waals surface area contributed by atoms with Gasteiger partial charge in [0.2, 0.25) is 5.88 Å². The number of fused-ring (bicyclic) bond motifs is 3. The van der Waals surface area contributed by atoms with E-state index in [0.29, 0.717) is 42.7 Å². The van der Waals surface area contributed by atoms with Gasteiger partial charge >= 0.3 is 6.01 Å². The maximum absolute atomic E-state index is 16.7. The Kier molecular flexibility index (Phi) is 7.09. The molecule has 4 aromatic rings. The highest BCUT2D eigenvalue weighted by molar-refractivity contribution is 6.04. The van der Waals surface area contributed by atoms with Crippen molar-refractivity contribution < 1.29 is 27.8 Å². The molecule has 0 aliphatic carbocycles. The number of alkyl halides is 1. The number of hydrogen-bond donors (Lipinski definition) is 2. The van der Waals surface area contributed by atoms with E-state index in [9.17, 15) is 13.9 Å². The summed E-state index contributed by atoms with van der Waals surface area (Å²) in [4.78, 5) is 15.8. The number of phenols is 1. The van der Waals surface area contributed by atoms with E-state index in [1.165, 1.54) is 24.3 Å². The Balaban J connectivity index is 1.40. The number of ether oxygens (including phenoxy) is 2. The maximum Gasteiger partial charge on any atom is 0.319 e. The van der Waals surface area contributed by atoms with E-state index < -0.39 is 17.8 Å². The van der Waals surface area contributed by atoms with Crippen LogP contribution in [-0.2, 0) is 0 Å². The van der Waals surface area contributed by atoms with Crippen LogP contribution in [0, 0.1) is 29.9 Å². The zero-order chi connectivity index (χ0) is 29.7. The van der Waals surface area contributed by atoms with Gasteiger partial charge in [0.05, 0.1) is 18.2 Å². The number of nitrogens with zero attached hydrogens (tertiary/aromatic N) is 4. The van der Waals surface area contributed by atoms with Crippen molar-refractivity contribution in [2.24, 2.45) is 5.92 Å². The molecule has 0 amide bonds. The number of pyridine rings is 1. The van der Waals surface area contributed by atoms with Crippen molar-refractivity contribution in [3.05, 3.63) is 41.5 Å². The van der Waals surface area contributed by atoms with Crippen molar-refractivity contribution in [2.75, 3.05) is 37.7 Å². The van der Waals surface area contributed by atoms with E-state index in [1.807, 2.05) is 0 Å². The fraction of sp³-hybridized carbons (Fsp3) is 0.406. The van der Waals surface area contributed by atoms with E-state index in [0.717, 1.165) is 32.2 Å². The largest absolute Gasteiger partial charge is 0.508 e. The Hall–Kier alpha value is -4.30. The first-order valence-electron chi connectivity index (χ1n) is 14.6. The molecular formula is C32H30F3N5O3. The minimum Gasteiger partial charge on any atom is -0.508 e. The first-order chi connectivity index (χ1) is 20.9. The number of aromatic nitrogens is 3. The van der Waals surface area contributed by atoms with Crippen LogP contribution in [0.15, 0.2) is 24.3 Å². The molecule has 43 heavy (non-hydrogen) atoms. The molecule has 222 valence electrons. The van der Waals surface area contributed by atoms with Crippen molar-refractivity contribution in [2.45, 2.75) is 44.3 Å². The van der Waals surface area contributed by atoms with Crippen LogP contribution < -0.4 is 19.7 Å². The van der Waals surface area contributed by atoms with Gasteiger partial charge in [-0.1, -0.05) is 12.0 Å². The zero-order valence-corrected chi connectivity index (χ0v) is 23.4. The highest BCUT2D eigenvalue weighted by Crippen LogP contribution is 2.44. The topological polar surface area (TPSA) is 92.6 Å². The summed E-state index contributed by atoms with van der Waals surface area (Å²) in [7, 11) is 0. The minimum atomic E-state index is -0.984. The van der Waals surface area contributed by atoms with Crippen LogP contribution >= 0.6 is 0 Å². The van der Waals surface area contributed by atoms with Crippen LogP contribution in [0.3, 0.4) is 0 Å². The molecule has 3 aliphatic rings. The second-order valence-corrected chi connectivity index (χ2v) is 11.4. The van der Waals surface area contributed by atoms with Crippen LogP contribution in [0.5, 0.6) is 17.6 Å². The van der Waals surface area contributed by atoms with Gasteiger partial charge < -0.3 is 24.8 Å². The Labute approximate surface area is 246 Å².